The van der Waals surface area contributed by atoms with Gasteiger partial charge >= 0.3 is 0 Å². The number of hydrogen-bond acceptors (Lipinski definition) is 4. The Bertz CT molecular complexity index is 768. The van der Waals surface area contributed by atoms with Crippen LogP contribution >= 0.6 is 11.6 Å². The maximum atomic E-state index is 6.00. The van der Waals surface area contributed by atoms with Gasteiger partial charge in [0.05, 0.1) is 5.92 Å². The van der Waals surface area contributed by atoms with Crippen LogP contribution in [-0.2, 0) is 0 Å². The molecule has 0 aliphatic carbocycles. The van der Waals surface area contributed by atoms with Crippen LogP contribution < -0.4 is 4.90 Å². The summed E-state index contributed by atoms with van der Waals surface area (Å²) < 4.78 is 5.94. The van der Waals surface area contributed by atoms with E-state index in [1.807, 2.05) is 36.4 Å². The lowest BCUT2D eigenvalue weighted by Crippen LogP contribution is -2.34. The summed E-state index contributed by atoms with van der Waals surface area (Å²) >= 11 is 6.00. The van der Waals surface area contributed by atoms with Crippen molar-refractivity contribution in [3.05, 3.63) is 53.6 Å². The van der Waals surface area contributed by atoms with Gasteiger partial charge < -0.3 is 9.32 Å². The van der Waals surface area contributed by atoms with Gasteiger partial charge in [0, 0.05) is 25.0 Å². The van der Waals surface area contributed by atoms with Crippen molar-refractivity contribution in [1.82, 2.24) is 9.97 Å². The van der Waals surface area contributed by atoms with E-state index in [0.717, 1.165) is 48.6 Å². The first kappa shape index (κ1) is 13.6. The second-order valence-corrected chi connectivity index (χ2v) is 6.03. The molecule has 3 aromatic rings. The highest BCUT2D eigenvalue weighted by Crippen LogP contribution is 2.31. The van der Waals surface area contributed by atoms with Gasteiger partial charge in [-0.05, 0) is 37.1 Å². The van der Waals surface area contributed by atoms with Gasteiger partial charge in [-0.1, -0.05) is 23.7 Å². The van der Waals surface area contributed by atoms with Crippen LogP contribution in [0.5, 0.6) is 0 Å². The fraction of sp³-hybridized carbons (Fsp3) is 0.294. The molecule has 3 heterocycles. The molecular formula is C17H16ClN3O. The number of para-hydroxylation sites is 2. The van der Waals surface area contributed by atoms with Crippen LogP contribution in [0.4, 0.5) is 5.69 Å². The number of aromatic nitrogens is 2. The standard InChI is InChI=1S/C17H16ClN3O/c18-16-10-13(7-8-19-16)21-9-3-4-12(11-21)17-20-14-5-1-2-6-15(14)22-17/h1-2,5-8,10,12H,3-4,9,11H2. The third-order valence-electron chi connectivity index (χ3n) is 4.16. The average molecular weight is 314 g/mol. The van der Waals surface area contributed by atoms with Gasteiger partial charge in [-0.3, -0.25) is 0 Å². The Labute approximate surface area is 133 Å². The Morgan fingerprint density at radius 3 is 3.00 bits per heavy atom. The maximum Gasteiger partial charge on any atom is 0.200 e. The summed E-state index contributed by atoms with van der Waals surface area (Å²) in [5, 5.41) is 0.529. The van der Waals surface area contributed by atoms with Crippen LogP contribution in [-0.4, -0.2) is 23.1 Å². The molecule has 0 N–H and O–H groups in total. The van der Waals surface area contributed by atoms with E-state index in [9.17, 15) is 0 Å². The Morgan fingerprint density at radius 2 is 2.14 bits per heavy atom. The van der Waals surface area contributed by atoms with Crippen molar-refractivity contribution in [2.24, 2.45) is 0 Å². The third-order valence-corrected chi connectivity index (χ3v) is 4.36. The molecule has 1 unspecified atom stereocenters. The zero-order chi connectivity index (χ0) is 14.9. The lowest BCUT2D eigenvalue weighted by atomic mass is 9.97. The summed E-state index contributed by atoms with van der Waals surface area (Å²) in [7, 11) is 0. The second-order valence-electron chi connectivity index (χ2n) is 5.64. The average Bonchev–Trinajstić information content (AvgIpc) is 2.99. The van der Waals surface area contributed by atoms with Gasteiger partial charge in [0.25, 0.3) is 0 Å². The predicted octanol–water partition coefficient (Wildman–Crippen LogP) is 4.26. The number of anilines is 1. The van der Waals surface area contributed by atoms with Gasteiger partial charge in [-0.15, -0.1) is 0 Å². The molecule has 112 valence electrons. The zero-order valence-corrected chi connectivity index (χ0v) is 12.8. The van der Waals surface area contributed by atoms with Gasteiger partial charge in [-0.2, -0.15) is 0 Å². The quantitative estimate of drug-likeness (QED) is 0.663. The number of benzene rings is 1. The molecule has 0 radical (unpaired) electrons. The van der Waals surface area contributed by atoms with Crippen LogP contribution in [0.1, 0.15) is 24.7 Å². The molecule has 0 saturated carbocycles. The molecule has 2 aromatic heterocycles. The molecule has 22 heavy (non-hydrogen) atoms. The minimum atomic E-state index is 0.313. The van der Waals surface area contributed by atoms with Crippen LogP contribution in [0, 0.1) is 0 Å². The molecule has 1 aliphatic heterocycles. The van der Waals surface area contributed by atoms with E-state index in [4.69, 9.17) is 16.0 Å². The van der Waals surface area contributed by atoms with Gasteiger partial charge in [0.15, 0.2) is 11.5 Å². The van der Waals surface area contributed by atoms with E-state index in [1.165, 1.54) is 0 Å². The summed E-state index contributed by atoms with van der Waals surface area (Å²) in [4.78, 5) is 11.0. The van der Waals surface area contributed by atoms with Crippen LogP contribution in [0.2, 0.25) is 5.15 Å². The molecular weight excluding hydrogens is 298 g/mol. The number of hydrogen-bond donors (Lipinski definition) is 0. The van der Waals surface area contributed by atoms with E-state index < -0.39 is 0 Å². The summed E-state index contributed by atoms with van der Waals surface area (Å²) in [6.45, 7) is 1.92. The van der Waals surface area contributed by atoms with Crippen molar-refractivity contribution in [1.29, 1.82) is 0 Å². The number of oxazole rings is 1. The second kappa shape index (κ2) is 5.61. The summed E-state index contributed by atoms with van der Waals surface area (Å²) in [5.41, 5.74) is 2.91. The maximum absolute atomic E-state index is 6.00. The number of piperidine rings is 1. The number of pyridine rings is 1. The van der Waals surface area contributed by atoms with Crippen molar-refractivity contribution in [3.8, 4) is 0 Å². The number of nitrogens with zero attached hydrogens (tertiary/aromatic N) is 3. The Kier molecular flexibility index (Phi) is 3.47. The van der Waals surface area contributed by atoms with Crippen LogP contribution in [0.25, 0.3) is 11.1 Å². The molecule has 1 saturated heterocycles. The highest BCUT2D eigenvalue weighted by molar-refractivity contribution is 6.29. The van der Waals surface area contributed by atoms with Gasteiger partial charge in [0.2, 0.25) is 0 Å². The minimum Gasteiger partial charge on any atom is -0.440 e. The van der Waals surface area contributed by atoms with Crippen LogP contribution in [0.3, 0.4) is 0 Å². The smallest absolute Gasteiger partial charge is 0.200 e. The van der Waals surface area contributed by atoms with Crippen molar-refractivity contribution in [2.45, 2.75) is 18.8 Å². The van der Waals surface area contributed by atoms with E-state index in [2.05, 4.69) is 14.9 Å². The largest absolute Gasteiger partial charge is 0.440 e. The molecule has 4 nitrogen and oxygen atoms in total. The summed E-state index contributed by atoms with van der Waals surface area (Å²) in [5.74, 6) is 1.15. The molecule has 1 aliphatic rings. The van der Waals surface area contributed by atoms with Gasteiger partial charge in [-0.25, -0.2) is 9.97 Å². The molecule has 5 heteroatoms. The highest BCUT2D eigenvalue weighted by Gasteiger charge is 2.25. The van der Waals surface area contributed by atoms with E-state index in [1.54, 1.807) is 6.20 Å². The number of rotatable bonds is 2. The lowest BCUT2D eigenvalue weighted by molar-refractivity contribution is 0.413. The SMILES string of the molecule is Clc1cc(N2CCCC(c3nc4ccccc4o3)C2)ccn1. The monoisotopic (exact) mass is 313 g/mol. The van der Waals surface area contributed by atoms with Crippen molar-refractivity contribution >= 4 is 28.4 Å². The molecule has 1 aromatic carbocycles. The van der Waals surface area contributed by atoms with Crippen molar-refractivity contribution in [2.75, 3.05) is 18.0 Å². The Hall–Kier alpha value is -2.07. The molecule has 0 amide bonds. The molecule has 0 spiro atoms. The fourth-order valence-corrected chi connectivity index (χ4v) is 3.23. The normalized spacial score (nSPS) is 18.8. The highest BCUT2D eigenvalue weighted by atomic mass is 35.5. The summed E-state index contributed by atoms with van der Waals surface area (Å²) in [6, 6.07) is 11.8. The Morgan fingerprint density at radius 1 is 1.23 bits per heavy atom. The van der Waals surface area contributed by atoms with E-state index in [-0.39, 0.29) is 0 Å². The first-order valence-corrected chi connectivity index (χ1v) is 7.89. The third kappa shape index (κ3) is 2.55. The van der Waals surface area contributed by atoms with E-state index >= 15 is 0 Å². The first-order valence-electron chi connectivity index (χ1n) is 7.51. The minimum absolute atomic E-state index is 0.313. The molecule has 1 fully saturated rings. The van der Waals surface area contributed by atoms with E-state index in [0.29, 0.717) is 11.1 Å². The fourth-order valence-electron chi connectivity index (χ4n) is 3.07. The predicted molar refractivity (Wildman–Crippen MR) is 87.4 cm³/mol. The first-order chi connectivity index (χ1) is 10.8. The zero-order valence-electron chi connectivity index (χ0n) is 12.1. The van der Waals surface area contributed by atoms with Crippen molar-refractivity contribution in [3.63, 3.8) is 0 Å². The molecule has 1 atom stereocenters. The Balaban J connectivity index is 1.60. The van der Waals surface area contributed by atoms with Crippen LogP contribution in [0.15, 0.2) is 47.0 Å². The van der Waals surface area contributed by atoms with Gasteiger partial charge in [0.1, 0.15) is 10.7 Å². The van der Waals surface area contributed by atoms with Crippen molar-refractivity contribution < 1.29 is 4.42 Å². The summed E-state index contributed by atoms with van der Waals surface area (Å²) in [6.07, 6.45) is 3.96. The lowest BCUT2D eigenvalue weighted by Gasteiger charge is -2.33. The molecule has 0 bridgehead atoms. The number of halogens is 1. The number of fused-ring (bicyclic) bond motifs is 1. The molecule has 4 rings (SSSR count). The topological polar surface area (TPSA) is 42.2 Å².